The number of thioether (sulfide) groups is 1. The molecule has 0 saturated carbocycles. The molecule has 1 rings (SSSR count). The molecule has 0 radical (unpaired) electrons. The third kappa shape index (κ3) is 4.05. The topological polar surface area (TPSA) is 41.0 Å². The number of rotatable bonds is 6. The van der Waals surface area contributed by atoms with Crippen LogP contribution in [0.2, 0.25) is 0 Å². The third-order valence-corrected chi connectivity index (χ3v) is 3.51. The van der Waals surface area contributed by atoms with Crippen molar-refractivity contribution in [3.63, 3.8) is 0 Å². The predicted molar refractivity (Wildman–Crippen MR) is 80.7 cm³/mol. The monoisotopic (exact) mass is 268 g/mol. The van der Waals surface area contributed by atoms with Gasteiger partial charge in [-0.3, -0.25) is 0 Å². The molecule has 0 aliphatic carbocycles. The van der Waals surface area contributed by atoms with Crippen LogP contribution in [0.1, 0.15) is 27.2 Å². The quantitative estimate of drug-likeness (QED) is 0.634. The maximum absolute atomic E-state index is 4.57. The van der Waals surface area contributed by atoms with Gasteiger partial charge in [-0.05, 0) is 25.5 Å². The van der Waals surface area contributed by atoms with Crippen LogP contribution in [-0.4, -0.2) is 36.4 Å². The van der Waals surface area contributed by atoms with Crippen molar-refractivity contribution in [3.8, 4) is 0 Å². The summed E-state index contributed by atoms with van der Waals surface area (Å²) in [5.74, 6) is 2.54. The fourth-order valence-corrected chi connectivity index (χ4v) is 2.25. The SMILES string of the molecule is CNc1cc(N(C)C(C)CC(C)C)nc(SC)n1. The molecule has 0 aromatic carbocycles. The minimum absolute atomic E-state index is 0.472. The highest BCUT2D eigenvalue weighted by Gasteiger charge is 2.14. The van der Waals surface area contributed by atoms with E-state index in [2.05, 4.69) is 48.0 Å². The lowest BCUT2D eigenvalue weighted by Gasteiger charge is -2.27. The molecule has 1 unspecified atom stereocenters. The van der Waals surface area contributed by atoms with Crippen LogP contribution < -0.4 is 10.2 Å². The van der Waals surface area contributed by atoms with E-state index in [-0.39, 0.29) is 0 Å². The first-order chi connectivity index (χ1) is 8.47. The molecule has 0 aliphatic rings. The zero-order valence-corrected chi connectivity index (χ0v) is 13.0. The van der Waals surface area contributed by atoms with Crippen LogP contribution in [-0.2, 0) is 0 Å². The largest absolute Gasteiger partial charge is 0.373 e. The lowest BCUT2D eigenvalue weighted by atomic mass is 10.0. The van der Waals surface area contributed by atoms with E-state index < -0.39 is 0 Å². The van der Waals surface area contributed by atoms with Crippen molar-refractivity contribution in [1.82, 2.24) is 9.97 Å². The van der Waals surface area contributed by atoms with E-state index in [1.54, 1.807) is 11.8 Å². The summed E-state index contributed by atoms with van der Waals surface area (Å²) in [5, 5.41) is 3.89. The minimum Gasteiger partial charge on any atom is -0.373 e. The van der Waals surface area contributed by atoms with Crippen LogP contribution in [0.4, 0.5) is 11.6 Å². The number of hydrogen-bond donors (Lipinski definition) is 1. The summed E-state index contributed by atoms with van der Waals surface area (Å²) in [6.45, 7) is 6.73. The number of hydrogen-bond acceptors (Lipinski definition) is 5. The number of anilines is 2. The van der Waals surface area contributed by atoms with Crippen LogP contribution in [0.25, 0.3) is 0 Å². The molecule has 0 aliphatic heterocycles. The molecule has 0 amide bonds. The Hall–Kier alpha value is -0.970. The van der Waals surface area contributed by atoms with Crippen LogP contribution in [0.15, 0.2) is 11.2 Å². The number of nitrogens with zero attached hydrogens (tertiary/aromatic N) is 3. The standard InChI is InChI=1S/C13H24N4S/c1-9(2)7-10(3)17(5)12-8-11(14-4)15-13(16-12)18-6/h8-10H,7H2,1-6H3,(H,14,15,16). The van der Waals surface area contributed by atoms with Crippen molar-refractivity contribution in [2.24, 2.45) is 5.92 Å². The summed E-state index contributed by atoms with van der Waals surface area (Å²) in [7, 11) is 3.98. The van der Waals surface area contributed by atoms with Gasteiger partial charge in [0.15, 0.2) is 5.16 Å². The molecular formula is C13H24N4S. The summed E-state index contributed by atoms with van der Waals surface area (Å²) >= 11 is 1.57. The molecule has 1 atom stereocenters. The molecule has 0 saturated heterocycles. The molecule has 5 heteroatoms. The van der Waals surface area contributed by atoms with E-state index in [1.807, 2.05) is 19.4 Å². The molecule has 4 nitrogen and oxygen atoms in total. The summed E-state index contributed by atoms with van der Waals surface area (Å²) in [5.41, 5.74) is 0. The molecule has 0 spiro atoms. The lowest BCUT2D eigenvalue weighted by molar-refractivity contribution is 0.501. The third-order valence-electron chi connectivity index (χ3n) is 2.97. The smallest absolute Gasteiger partial charge is 0.191 e. The Morgan fingerprint density at radius 1 is 1.33 bits per heavy atom. The number of aromatic nitrogens is 2. The van der Waals surface area contributed by atoms with E-state index >= 15 is 0 Å². The summed E-state index contributed by atoms with van der Waals surface area (Å²) in [6.07, 6.45) is 3.15. The fourth-order valence-electron chi connectivity index (χ4n) is 1.88. The van der Waals surface area contributed by atoms with E-state index in [0.717, 1.165) is 23.2 Å². The van der Waals surface area contributed by atoms with E-state index in [0.29, 0.717) is 12.0 Å². The van der Waals surface area contributed by atoms with Crippen LogP contribution in [0, 0.1) is 5.92 Å². The van der Waals surface area contributed by atoms with Crippen LogP contribution in [0.5, 0.6) is 0 Å². The van der Waals surface area contributed by atoms with Crippen molar-refractivity contribution >= 4 is 23.4 Å². The lowest BCUT2D eigenvalue weighted by Crippen LogP contribution is -2.31. The van der Waals surface area contributed by atoms with Gasteiger partial charge in [-0.2, -0.15) is 0 Å². The maximum Gasteiger partial charge on any atom is 0.191 e. The minimum atomic E-state index is 0.472. The second-order valence-electron chi connectivity index (χ2n) is 4.94. The van der Waals surface area contributed by atoms with Gasteiger partial charge in [-0.15, -0.1) is 0 Å². The van der Waals surface area contributed by atoms with Gasteiger partial charge >= 0.3 is 0 Å². The Balaban J connectivity index is 2.93. The van der Waals surface area contributed by atoms with E-state index in [4.69, 9.17) is 0 Å². The average molecular weight is 268 g/mol. The Morgan fingerprint density at radius 3 is 2.50 bits per heavy atom. The Kier molecular flexibility index (Phi) is 5.72. The maximum atomic E-state index is 4.57. The second kappa shape index (κ2) is 6.83. The molecule has 102 valence electrons. The fraction of sp³-hybridized carbons (Fsp3) is 0.692. The van der Waals surface area contributed by atoms with Gasteiger partial charge in [0.25, 0.3) is 0 Å². The van der Waals surface area contributed by atoms with Gasteiger partial charge in [0, 0.05) is 26.2 Å². The molecule has 0 fully saturated rings. The van der Waals surface area contributed by atoms with Crippen LogP contribution >= 0.6 is 11.8 Å². The molecule has 1 N–H and O–H groups in total. The Morgan fingerprint density at radius 2 is 2.00 bits per heavy atom. The van der Waals surface area contributed by atoms with Crippen molar-refractivity contribution in [3.05, 3.63) is 6.07 Å². The van der Waals surface area contributed by atoms with Crippen LogP contribution in [0.3, 0.4) is 0 Å². The van der Waals surface area contributed by atoms with E-state index in [9.17, 15) is 0 Å². The summed E-state index contributed by atoms with van der Waals surface area (Å²) < 4.78 is 0. The summed E-state index contributed by atoms with van der Waals surface area (Å²) in [6, 6.07) is 2.47. The molecular weight excluding hydrogens is 244 g/mol. The molecule has 1 aromatic rings. The summed E-state index contributed by atoms with van der Waals surface area (Å²) in [4.78, 5) is 11.2. The highest BCUT2D eigenvalue weighted by molar-refractivity contribution is 7.98. The first kappa shape index (κ1) is 15.1. The van der Waals surface area contributed by atoms with Crippen molar-refractivity contribution in [2.45, 2.75) is 38.4 Å². The molecule has 18 heavy (non-hydrogen) atoms. The van der Waals surface area contributed by atoms with Gasteiger partial charge in [-0.1, -0.05) is 25.6 Å². The van der Waals surface area contributed by atoms with Gasteiger partial charge in [0.05, 0.1) is 0 Å². The van der Waals surface area contributed by atoms with E-state index in [1.165, 1.54) is 0 Å². The zero-order chi connectivity index (χ0) is 13.7. The first-order valence-corrected chi connectivity index (χ1v) is 7.54. The highest BCUT2D eigenvalue weighted by atomic mass is 32.2. The van der Waals surface area contributed by atoms with Crippen molar-refractivity contribution in [2.75, 3.05) is 30.6 Å². The average Bonchev–Trinajstić information content (AvgIpc) is 2.36. The molecule has 0 bridgehead atoms. The predicted octanol–water partition coefficient (Wildman–Crippen LogP) is 3.11. The zero-order valence-electron chi connectivity index (χ0n) is 12.2. The highest BCUT2D eigenvalue weighted by Crippen LogP contribution is 2.22. The number of nitrogens with one attached hydrogen (secondary N) is 1. The first-order valence-electron chi connectivity index (χ1n) is 6.31. The molecule has 1 aromatic heterocycles. The Bertz CT molecular complexity index is 359. The van der Waals surface area contributed by atoms with Gasteiger partial charge < -0.3 is 10.2 Å². The van der Waals surface area contributed by atoms with Crippen molar-refractivity contribution in [1.29, 1.82) is 0 Å². The normalized spacial score (nSPS) is 12.6. The van der Waals surface area contributed by atoms with Gasteiger partial charge in [-0.25, -0.2) is 9.97 Å². The Labute approximate surface area is 115 Å². The van der Waals surface area contributed by atoms with Gasteiger partial charge in [0.1, 0.15) is 11.6 Å². The van der Waals surface area contributed by atoms with Crippen molar-refractivity contribution < 1.29 is 0 Å². The second-order valence-corrected chi connectivity index (χ2v) is 5.71. The molecule has 1 heterocycles. The van der Waals surface area contributed by atoms with Gasteiger partial charge in [0.2, 0.25) is 0 Å².